The van der Waals surface area contributed by atoms with E-state index in [1.807, 2.05) is 0 Å². The van der Waals surface area contributed by atoms with Crippen LogP contribution in [0.25, 0.3) is 0 Å². The van der Waals surface area contributed by atoms with Crippen LogP contribution in [-0.2, 0) is 0 Å². The van der Waals surface area contributed by atoms with E-state index in [-0.39, 0.29) is 118 Å². The van der Waals surface area contributed by atoms with Crippen molar-refractivity contribution < 1.29 is 73.2 Å². The van der Waals surface area contributed by atoms with Gasteiger partial charge in [0.25, 0.3) is 53.2 Å². The van der Waals surface area contributed by atoms with Crippen LogP contribution in [0, 0.1) is 0 Å². The van der Waals surface area contributed by atoms with Crippen LogP contribution in [-0.4, -0.2) is 99.9 Å². The Kier molecular flexibility index (Phi) is 17.9. The third kappa shape index (κ3) is 15.0. The van der Waals surface area contributed by atoms with Crippen molar-refractivity contribution in [2.75, 3.05) is 57.0 Å². The zero-order valence-corrected chi connectivity index (χ0v) is 44.9. The molecule has 0 atom stereocenters. The zero-order valence-electron chi connectivity index (χ0n) is 44.9. The van der Waals surface area contributed by atoms with Crippen molar-refractivity contribution in [2.45, 2.75) is 0 Å². The number of rotatable bonds is 18. The van der Waals surface area contributed by atoms with Gasteiger partial charge in [0.2, 0.25) is 0 Å². The van der Waals surface area contributed by atoms with Crippen molar-refractivity contribution >= 4 is 111 Å². The van der Waals surface area contributed by atoms with Crippen molar-refractivity contribution in [2.24, 2.45) is 0 Å². The van der Waals surface area contributed by atoms with Gasteiger partial charge in [0.05, 0.1) is 5.56 Å². The maximum atomic E-state index is 13.9. The maximum Gasteiger partial charge on any atom is 0.335 e. The highest BCUT2D eigenvalue weighted by atomic mass is 16.4. The van der Waals surface area contributed by atoms with E-state index in [9.17, 15) is 73.2 Å². The lowest BCUT2D eigenvalue weighted by Crippen LogP contribution is -2.22. The summed E-state index contributed by atoms with van der Waals surface area (Å²) < 4.78 is 0. The van der Waals surface area contributed by atoms with Crippen LogP contribution in [0.15, 0.2) is 158 Å². The van der Waals surface area contributed by atoms with E-state index >= 15 is 0 Å². The van der Waals surface area contributed by atoms with Crippen molar-refractivity contribution in [1.82, 2.24) is 10.6 Å². The summed E-state index contributed by atoms with van der Waals surface area (Å²) in [6.45, 7) is 0. The first-order chi connectivity index (χ1) is 41.0. The Bertz CT molecular complexity index is 4140. The molecule has 25 heteroatoms. The fourth-order valence-electron chi connectivity index (χ4n) is 8.41. The first kappa shape index (κ1) is 59.5. The molecule has 0 heterocycles. The fraction of sp³-hybridized carbons (Fsp3) is 0.0328. The van der Waals surface area contributed by atoms with Gasteiger partial charge in [0, 0.05) is 139 Å². The number of phenolic OH excluding ortho intramolecular Hbond substituents is 3. The van der Waals surface area contributed by atoms with Crippen LogP contribution >= 0.6 is 0 Å². The minimum atomic E-state index is -1.44. The number of carbonyl (C=O) groups is 11. The van der Waals surface area contributed by atoms with E-state index in [4.69, 9.17) is 5.73 Å². The summed E-state index contributed by atoms with van der Waals surface area (Å²) in [5, 5.41) is 63.1. The first-order valence-electron chi connectivity index (χ1n) is 25.3. The summed E-state index contributed by atoms with van der Waals surface area (Å²) in [5.41, 5.74) is 4.77. The van der Waals surface area contributed by atoms with Crippen LogP contribution in [0.2, 0.25) is 0 Å². The van der Waals surface area contributed by atoms with Crippen molar-refractivity contribution in [3.05, 3.63) is 219 Å². The molecule has 0 aliphatic rings. The number of nitrogens with one attached hydrogen (secondary N) is 9. The van der Waals surface area contributed by atoms with Crippen LogP contribution in [0.5, 0.6) is 17.2 Å². The highest BCUT2D eigenvalue weighted by Crippen LogP contribution is 2.28. The summed E-state index contributed by atoms with van der Waals surface area (Å²) in [7, 11) is 2.67. The Morgan fingerprint density at radius 2 is 0.593 bits per heavy atom. The molecule has 0 saturated carbocycles. The Balaban J connectivity index is 0.945. The molecule has 15 N–H and O–H groups in total. The van der Waals surface area contributed by atoms with Gasteiger partial charge >= 0.3 is 5.97 Å². The number of hydrogen-bond donors (Lipinski definition) is 14. The monoisotopic (exact) mass is 1160 g/mol. The largest absolute Gasteiger partial charge is 0.508 e. The lowest BCUT2D eigenvalue weighted by atomic mass is 10.0. The molecule has 0 spiro atoms. The van der Waals surface area contributed by atoms with E-state index in [1.165, 1.54) is 135 Å². The number of carboxylic acid groups (broad SMARTS) is 1. The zero-order chi connectivity index (χ0) is 61.9. The summed E-state index contributed by atoms with van der Waals surface area (Å²) in [6.07, 6.45) is 0.440. The Labute approximate surface area is 486 Å². The van der Waals surface area contributed by atoms with Gasteiger partial charge in [-0.3, -0.25) is 47.9 Å². The number of amides is 9. The smallest absolute Gasteiger partial charge is 0.335 e. The highest BCUT2D eigenvalue weighted by Gasteiger charge is 2.22. The van der Waals surface area contributed by atoms with Crippen LogP contribution in [0.3, 0.4) is 0 Å². The predicted molar refractivity (Wildman–Crippen MR) is 316 cm³/mol. The van der Waals surface area contributed by atoms with Gasteiger partial charge in [0.1, 0.15) is 23.5 Å². The molecule has 8 aromatic carbocycles. The Morgan fingerprint density at radius 1 is 0.326 bits per heavy atom. The van der Waals surface area contributed by atoms with Crippen molar-refractivity contribution in [1.29, 1.82) is 0 Å². The van der Waals surface area contributed by atoms with E-state index in [0.717, 1.165) is 36.4 Å². The van der Waals surface area contributed by atoms with E-state index in [1.54, 1.807) is 0 Å². The van der Waals surface area contributed by atoms with Gasteiger partial charge in [0.15, 0.2) is 0 Å². The summed E-state index contributed by atoms with van der Waals surface area (Å²) >= 11 is 0. The van der Waals surface area contributed by atoms with Crippen molar-refractivity contribution in [3.8, 4) is 17.2 Å². The second-order valence-electron chi connectivity index (χ2n) is 18.7. The molecule has 25 nitrogen and oxygen atoms in total. The van der Waals surface area contributed by atoms with Gasteiger partial charge < -0.3 is 74.0 Å². The average molecular weight is 1160 g/mol. The average Bonchev–Trinajstić information content (AvgIpc) is 3.51. The number of anilines is 8. The third-order valence-corrected chi connectivity index (χ3v) is 12.3. The predicted octanol–water partition coefficient (Wildman–Crippen LogP) is 7.38. The number of aldehydes is 1. The number of nitrogens with two attached hydrogens (primary N) is 1. The number of hydrogen-bond acceptors (Lipinski definition) is 15. The van der Waals surface area contributed by atoms with Gasteiger partial charge in [-0.05, 0) is 121 Å². The standard InChI is InChI=1S/C61H48N10O15/c1-63-52(76)32-11-34(15-35(12-32)56(80)66-44-7-4-8-45(24-44)68-58(82)38-17-39(19-40(18-38)61(85)86)60(84)69-46-21-41(62)22-50(74)26-46)55(79)65-42-5-3-6-43(23-42)67-57(81)36-13-33(53(77)64-2)14-37(16-36)59(83)71-48-25-47(27-51(75)28-48)70-54(78)31-9-30(29-72)10-49(73)20-31/h3-29,73-75H,62H2,1-2H3,(H,63,76)(H,64,77)(H,65,79)(H,66,80)(H,67,81)(H,68,82)(H,69,84)(H,70,78)(H,71,83)(H,85,86). The molecule has 0 fully saturated rings. The van der Waals surface area contributed by atoms with Gasteiger partial charge in [-0.2, -0.15) is 0 Å². The number of aromatic hydroxyl groups is 3. The Morgan fingerprint density at radius 3 is 0.907 bits per heavy atom. The SMILES string of the molecule is CNC(=O)c1cc(C(=O)Nc2cccc(NC(=O)c3cc(C(=O)O)cc(C(=O)Nc4cc(N)cc(O)c4)c3)c2)cc(C(=O)Nc2cccc(NC(=O)c3cc(C(=O)NC)cc(C(=O)Nc4cc(O)cc(NC(=O)c5cc(O)cc(C=O)c5)c4)c3)c2)c1. The number of phenols is 3. The molecule has 0 aliphatic heterocycles. The molecule has 0 unspecified atom stereocenters. The number of nitrogen functional groups attached to an aromatic ring is 1. The molecule has 8 aromatic rings. The van der Waals surface area contributed by atoms with E-state index in [2.05, 4.69) is 47.9 Å². The molecule has 0 radical (unpaired) electrons. The second kappa shape index (κ2) is 25.8. The molecule has 86 heavy (non-hydrogen) atoms. The molecule has 0 bridgehead atoms. The lowest BCUT2D eigenvalue weighted by Gasteiger charge is -2.13. The third-order valence-electron chi connectivity index (χ3n) is 12.3. The van der Waals surface area contributed by atoms with E-state index < -0.39 is 64.7 Å². The molecule has 0 aliphatic carbocycles. The molecule has 0 saturated heterocycles. The number of carbonyl (C=O) groups excluding carboxylic acids is 10. The summed E-state index contributed by atoms with van der Waals surface area (Å²) in [4.78, 5) is 144. The maximum absolute atomic E-state index is 13.9. The van der Waals surface area contributed by atoms with Gasteiger partial charge in [-0.1, -0.05) is 12.1 Å². The van der Waals surface area contributed by atoms with Crippen LogP contribution < -0.4 is 53.6 Å². The number of aromatic carboxylic acids is 1. The van der Waals surface area contributed by atoms with Crippen molar-refractivity contribution in [3.63, 3.8) is 0 Å². The van der Waals surface area contributed by atoms with Gasteiger partial charge in [-0.15, -0.1) is 0 Å². The second-order valence-corrected chi connectivity index (χ2v) is 18.7. The fourth-order valence-corrected chi connectivity index (χ4v) is 8.41. The first-order valence-corrected chi connectivity index (χ1v) is 25.3. The lowest BCUT2D eigenvalue weighted by molar-refractivity contribution is 0.0695. The number of carboxylic acids is 1. The minimum Gasteiger partial charge on any atom is -0.508 e. The number of benzene rings is 8. The molecule has 9 amide bonds. The van der Waals surface area contributed by atoms with E-state index in [0.29, 0.717) is 6.29 Å². The van der Waals surface area contributed by atoms with Gasteiger partial charge in [-0.25, -0.2) is 4.79 Å². The Hall–Kier alpha value is -12.7. The normalized spacial score (nSPS) is 10.5. The highest BCUT2D eigenvalue weighted by molar-refractivity contribution is 6.15. The topological polar surface area (TPSA) is 403 Å². The molecular weight excluding hydrogens is 1110 g/mol. The minimum absolute atomic E-state index is 0.00485. The molecule has 0 aromatic heterocycles. The summed E-state index contributed by atoms with van der Waals surface area (Å²) in [5.74, 6) is -9.36. The van der Waals surface area contributed by atoms with Crippen LogP contribution in [0.4, 0.5) is 45.5 Å². The quantitative estimate of drug-likeness (QED) is 0.0294. The molecule has 432 valence electrons. The summed E-state index contributed by atoms with van der Waals surface area (Å²) in [6, 6.07) is 33.1. The van der Waals surface area contributed by atoms with Crippen LogP contribution in [0.1, 0.15) is 114 Å². The molecule has 8 rings (SSSR count). The molecular formula is C61H48N10O15.